The average Bonchev–Trinajstić information content (AvgIpc) is 3.06. The van der Waals surface area contributed by atoms with E-state index in [-0.39, 0.29) is 34.1 Å². The summed E-state index contributed by atoms with van der Waals surface area (Å²) in [5, 5.41) is 3.18. The van der Waals surface area contributed by atoms with Crippen molar-refractivity contribution in [3.8, 4) is 5.75 Å². The van der Waals surface area contributed by atoms with Gasteiger partial charge >= 0.3 is 0 Å². The summed E-state index contributed by atoms with van der Waals surface area (Å²) in [6.45, 7) is 1.44. The summed E-state index contributed by atoms with van der Waals surface area (Å²) >= 11 is 6.26. The monoisotopic (exact) mass is 665 g/mol. The van der Waals surface area contributed by atoms with Gasteiger partial charge in [-0.05, 0) is 60.5 Å². The Balaban J connectivity index is 1.80. The molecule has 0 heterocycles. The number of ether oxygens (including phenoxy) is 1. The first-order chi connectivity index (χ1) is 22.1. The molecule has 4 rings (SSSR count). The molecule has 1 atom stereocenters. The minimum absolute atomic E-state index is 0.0835. The van der Waals surface area contributed by atoms with Crippen molar-refractivity contribution in [2.75, 3.05) is 24.5 Å². The SMILES string of the molecule is CCCCNC(=O)C(Cc1ccccc1)N(Cc1ccccc1F)C(=O)CN(c1cccc(Cl)c1)S(=O)(=O)c1ccc(OC)cc1. The Hall–Kier alpha value is -4.41. The van der Waals surface area contributed by atoms with Gasteiger partial charge in [0.2, 0.25) is 11.8 Å². The molecule has 1 N–H and O–H groups in total. The van der Waals surface area contributed by atoms with Crippen LogP contribution in [0.3, 0.4) is 0 Å². The molecule has 0 saturated heterocycles. The molecule has 0 bridgehead atoms. The van der Waals surface area contributed by atoms with Crippen molar-refractivity contribution in [1.82, 2.24) is 10.2 Å². The zero-order valence-electron chi connectivity index (χ0n) is 25.7. The molecule has 1 unspecified atom stereocenters. The standard InChI is InChI=1S/C35H37ClFN3O5S/c1-3-4-21-38-35(42)33(22-26-11-6-5-7-12-26)39(24-27-13-8-9-16-32(27)37)34(41)25-40(29-15-10-14-28(36)23-29)46(43,44)31-19-17-30(45-2)18-20-31/h5-20,23,33H,3-4,21-22,24-25H2,1-2H3,(H,38,42). The lowest BCUT2D eigenvalue weighted by atomic mass is 10.0. The molecular formula is C35H37ClFN3O5S. The number of sulfonamides is 1. The molecule has 0 radical (unpaired) electrons. The van der Waals surface area contributed by atoms with Gasteiger partial charge in [-0.2, -0.15) is 0 Å². The number of methoxy groups -OCH3 is 1. The van der Waals surface area contributed by atoms with Crippen molar-refractivity contribution in [3.05, 3.63) is 125 Å². The summed E-state index contributed by atoms with van der Waals surface area (Å²) in [4.78, 5) is 29.4. The molecule has 0 aliphatic heterocycles. The van der Waals surface area contributed by atoms with Crippen LogP contribution < -0.4 is 14.4 Å². The second-order valence-electron chi connectivity index (χ2n) is 10.6. The Bertz CT molecular complexity index is 1720. The Morgan fingerprint density at radius 2 is 1.63 bits per heavy atom. The van der Waals surface area contributed by atoms with E-state index in [0.717, 1.165) is 22.7 Å². The van der Waals surface area contributed by atoms with E-state index in [1.807, 2.05) is 37.3 Å². The zero-order chi connectivity index (χ0) is 33.1. The average molecular weight is 666 g/mol. The van der Waals surface area contributed by atoms with Crippen molar-refractivity contribution in [1.29, 1.82) is 0 Å². The van der Waals surface area contributed by atoms with Crippen LogP contribution in [-0.4, -0.2) is 51.4 Å². The number of hydrogen-bond acceptors (Lipinski definition) is 5. The Labute approximate surface area is 274 Å². The molecule has 0 aromatic heterocycles. The van der Waals surface area contributed by atoms with Crippen LogP contribution in [0.2, 0.25) is 5.02 Å². The third-order valence-corrected chi connectivity index (χ3v) is 9.44. The predicted molar refractivity (Wildman–Crippen MR) is 178 cm³/mol. The van der Waals surface area contributed by atoms with Gasteiger partial charge in [-0.3, -0.25) is 13.9 Å². The fourth-order valence-corrected chi connectivity index (χ4v) is 6.50. The van der Waals surface area contributed by atoms with Crippen molar-refractivity contribution in [3.63, 3.8) is 0 Å². The third-order valence-electron chi connectivity index (χ3n) is 7.42. The van der Waals surface area contributed by atoms with Gasteiger partial charge in [-0.1, -0.05) is 79.5 Å². The van der Waals surface area contributed by atoms with E-state index < -0.39 is 40.2 Å². The quantitative estimate of drug-likeness (QED) is 0.152. The van der Waals surface area contributed by atoms with E-state index in [4.69, 9.17) is 16.3 Å². The van der Waals surface area contributed by atoms with Gasteiger partial charge in [-0.15, -0.1) is 0 Å². The number of unbranched alkanes of at least 4 members (excludes halogenated alkanes) is 1. The summed E-state index contributed by atoms with van der Waals surface area (Å²) in [5.41, 5.74) is 1.11. The highest BCUT2D eigenvalue weighted by Gasteiger charge is 2.35. The highest BCUT2D eigenvalue weighted by Crippen LogP contribution is 2.28. The van der Waals surface area contributed by atoms with E-state index in [0.29, 0.717) is 12.3 Å². The first-order valence-corrected chi connectivity index (χ1v) is 16.7. The van der Waals surface area contributed by atoms with Crippen molar-refractivity contribution in [2.45, 2.75) is 43.7 Å². The van der Waals surface area contributed by atoms with E-state index >= 15 is 4.39 Å². The topological polar surface area (TPSA) is 96.0 Å². The summed E-state index contributed by atoms with van der Waals surface area (Å²) in [6, 6.07) is 26.0. The lowest BCUT2D eigenvalue weighted by molar-refractivity contribution is -0.140. The van der Waals surface area contributed by atoms with Crippen LogP contribution in [0.25, 0.3) is 0 Å². The Morgan fingerprint density at radius 3 is 2.28 bits per heavy atom. The highest BCUT2D eigenvalue weighted by molar-refractivity contribution is 7.92. The van der Waals surface area contributed by atoms with Crippen LogP contribution in [0.5, 0.6) is 5.75 Å². The number of rotatable bonds is 15. The summed E-state index contributed by atoms with van der Waals surface area (Å²) < 4.78 is 49.4. The number of carbonyl (C=O) groups is 2. The van der Waals surface area contributed by atoms with Gasteiger partial charge in [-0.25, -0.2) is 12.8 Å². The molecule has 46 heavy (non-hydrogen) atoms. The van der Waals surface area contributed by atoms with Crippen molar-refractivity contribution in [2.24, 2.45) is 0 Å². The van der Waals surface area contributed by atoms with Gasteiger partial charge in [0.15, 0.2) is 0 Å². The van der Waals surface area contributed by atoms with E-state index in [1.165, 1.54) is 66.6 Å². The summed E-state index contributed by atoms with van der Waals surface area (Å²) in [7, 11) is -2.86. The van der Waals surface area contributed by atoms with Crippen LogP contribution in [0.15, 0.2) is 108 Å². The number of halogens is 2. The van der Waals surface area contributed by atoms with Gasteiger partial charge < -0.3 is 15.0 Å². The first kappa shape index (κ1) is 34.5. The minimum Gasteiger partial charge on any atom is -0.497 e. The Kier molecular flexibility index (Phi) is 12.2. The van der Waals surface area contributed by atoms with Gasteiger partial charge in [0, 0.05) is 30.1 Å². The smallest absolute Gasteiger partial charge is 0.264 e. The minimum atomic E-state index is -4.33. The molecular weight excluding hydrogens is 629 g/mol. The maximum atomic E-state index is 15.0. The van der Waals surface area contributed by atoms with Crippen LogP contribution in [0.4, 0.5) is 10.1 Å². The largest absolute Gasteiger partial charge is 0.497 e. The van der Waals surface area contributed by atoms with Crippen molar-refractivity contribution >= 4 is 39.1 Å². The molecule has 0 aliphatic carbocycles. The van der Waals surface area contributed by atoms with Gasteiger partial charge in [0.1, 0.15) is 24.2 Å². The predicted octanol–water partition coefficient (Wildman–Crippen LogP) is 6.24. The summed E-state index contributed by atoms with van der Waals surface area (Å²) in [5.74, 6) is -1.22. The van der Waals surface area contributed by atoms with Crippen LogP contribution in [0.1, 0.15) is 30.9 Å². The van der Waals surface area contributed by atoms with Gasteiger partial charge in [0.05, 0.1) is 17.7 Å². The summed E-state index contributed by atoms with van der Waals surface area (Å²) in [6.07, 6.45) is 1.70. The van der Waals surface area contributed by atoms with E-state index in [1.54, 1.807) is 18.2 Å². The molecule has 0 saturated carbocycles. The third kappa shape index (κ3) is 8.86. The number of benzene rings is 4. The lowest BCUT2D eigenvalue weighted by Crippen LogP contribution is -2.53. The number of anilines is 1. The molecule has 0 fully saturated rings. The van der Waals surface area contributed by atoms with E-state index in [2.05, 4.69) is 5.32 Å². The molecule has 242 valence electrons. The second-order valence-corrected chi connectivity index (χ2v) is 12.9. The fraction of sp³-hybridized carbons (Fsp3) is 0.257. The first-order valence-electron chi connectivity index (χ1n) is 14.9. The second kappa shape index (κ2) is 16.2. The maximum absolute atomic E-state index is 15.0. The number of amides is 2. The number of nitrogens with one attached hydrogen (secondary N) is 1. The van der Waals surface area contributed by atoms with Crippen molar-refractivity contribution < 1.29 is 27.1 Å². The Morgan fingerprint density at radius 1 is 0.935 bits per heavy atom. The number of nitrogens with zero attached hydrogens (tertiary/aromatic N) is 2. The van der Waals surface area contributed by atoms with Gasteiger partial charge in [0.25, 0.3) is 10.0 Å². The van der Waals surface area contributed by atoms with Crippen LogP contribution in [-0.2, 0) is 32.6 Å². The molecule has 2 amide bonds. The number of hydrogen-bond donors (Lipinski definition) is 1. The zero-order valence-corrected chi connectivity index (χ0v) is 27.3. The highest BCUT2D eigenvalue weighted by atomic mass is 35.5. The fourth-order valence-electron chi connectivity index (χ4n) is 4.91. The lowest BCUT2D eigenvalue weighted by Gasteiger charge is -2.34. The molecule has 8 nitrogen and oxygen atoms in total. The molecule has 0 aliphatic rings. The molecule has 0 spiro atoms. The molecule has 4 aromatic carbocycles. The molecule has 4 aromatic rings. The van der Waals surface area contributed by atoms with Crippen LogP contribution >= 0.6 is 11.6 Å². The molecule has 11 heteroatoms. The number of carbonyl (C=O) groups excluding carboxylic acids is 2. The van der Waals surface area contributed by atoms with Crippen LogP contribution in [0, 0.1) is 5.82 Å². The normalized spacial score (nSPS) is 11.8. The van der Waals surface area contributed by atoms with E-state index in [9.17, 15) is 18.0 Å². The maximum Gasteiger partial charge on any atom is 0.264 e.